The largest absolute Gasteiger partial charge is 0.316 e. The molecule has 3 rings (SSSR count). The van der Waals surface area contributed by atoms with Gasteiger partial charge in [0.25, 0.3) is 0 Å². The fraction of sp³-hybridized carbons (Fsp3) is 0.571. The highest BCUT2D eigenvalue weighted by molar-refractivity contribution is 5.14. The number of nitrogens with zero attached hydrogens (tertiary/aromatic N) is 1. The van der Waals surface area contributed by atoms with Crippen LogP contribution in [0.5, 0.6) is 0 Å². The predicted octanol–water partition coefficient (Wildman–Crippen LogP) is 1.92. The van der Waals surface area contributed by atoms with Gasteiger partial charge in [-0.05, 0) is 30.5 Å². The molecule has 2 nitrogen and oxygen atoms in total. The van der Waals surface area contributed by atoms with Crippen molar-refractivity contribution in [3.63, 3.8) is 0 Å². The van der Waals surface area contributed by atoms with E-state index < -0.39 is 0 Å². The average Bonchev–Trinajstić information content (AvgIpc) is 2.94. The number of rotatable bonds is 2. The van der Waals surface area contributed by atoms with Gasteiger partial charge >= 0.3 is 0 Å². The van der Waals surface area contributed by atoms with Crippen LogP contribution in [-0.2, 0) is 6.54 Å². The van der Waals surface area contributed by atoms with E-state index in [0.29, 0.717) is 7.18 Å². The zero-order valence-electron chi connectivity index (χ0n) is 10.4. The summed E-state index contributed by atoms with van der Waals surface area (Å²) in [5, 5.41) is 3.48. The highest BCUT2D eigenvalue weighted by atomic mass is 19.1. The number of benzene rings is 1. The van der Waals surface area contributed by atoms with E-state index in [1.54, 1.807) is 0 Å². The van der Waals surface area contributed by atoms with Crippen LogP contribution in [0.2, 0.25) is 0 Å². The summed E-state index contributed by atoms with van der Waals surface area (Å²) in [5.41, 5.74) is 1.45. The minimum absolute atomic E-state index is 0.500. The van der Waals surface area contributed by atoms with Gasteiger partial charge in [-0.2, -0.15) is 0 Å². The SMILES string of the molecule is CF.c1ccc(CN2C[C@H]3CNC[C@H]3C2)cc1. The Labute approximate surface area is 103 Å². The Balaban J connectivity index is 0.000000514. The Morgan fingerprint density at radius 1 is 1.12 bits per heavy atom. The fourth-order valence-corrected chi connectivity index (χ4v) is 2.92. The molecule has 3 heteroatoms. The summed E-state index contributed by atoms with van der Waals surface area (Å²) < 4.78 is 9.50. The molecule has 0 aliphatic carbocycles. The van der Waals surface area contributed by atoms with Crippen molar-refractivity contribution in [2.75, 3.05) is 33.4 Å². The number of nitrogens with one attached hydrogen (secondary N) is 1. The fourth-order valence-electron chi connectivity index (χ4n) is 2.92. The van der Waals surface area contributed by atoms with Crippen LogP contribution in [0.15, 0.2) is 30.3 Å². The molecule has 1 N–H and O–H groups in total. The molecule has 0 radical (unpaired) electrons. The minimum Gasteiger partial charge on any atom is -0.316 e. The van der Waals surface area contributed by atoms with Crippen molar-refractivity contribution in [1.29, 1.82) is 0 Å². The molecule has 0 amide bonds. The lowest BCUT2D eigenvalue weighted by molar-refractivity contribution is 0.305. The van der Waals surface area contributed by atoms with Gasteiger partial charge in [0.05, 0.1) is 7.18 Å². The molecule has 0 unspecified atom stereocenters. The van der Waals surface area contributed by atoms with Crippen molar-refractivity contribution >= 4 is 0 Å². The first-order valence-electron chi connectivity index (χ1n) is 6.26. The van der Waals surface area contributed by atoms with E-state index in [2.05, 4.69) is 40.5 Å². The predicted molar refractivity (Wildman–Crippen MR) is 68.6 cm³/mol. The molecular weight excluding hydrogens is 215 g/mol. The summed E-state index contributed by atoms with van der Waals surface area (Å²) in [7, 11) is 0.500. The van der Waals surface area contributed by atoms with Crippen molar-refractivity contribution in [2.24, 2.45) is 11.8 Å². The van der Waals surface area contributed by atoms with E-state index in [-0.39, 0.29) is 0 Å². The average molecular weight is 236 g/mol. The molecule has 2 atom stereocenters. The second kappa shape index (κ2) is 6.12. The standard InChI is InChI=1S/C13H18N2.CH3F/c1-2-4-11(5-3-1)8-15-9-12-6-14-7-13(12)10-15;1-2/h1-5,12-14H,6-10H2;1H3/t12-,13+;. The van der Waals surface area contributed by atoms with Gasteiger partial charge in [0.15, 0.2) is 0 Å². The maximum Gasteiger partial charge on any atom is 0.0785 e. The number of halogens is 1. The molecule has 0 spiro atoms. The highest BCUT2D eigenvalue weighted by Gasteiger charge is 2.35. The number of hydrogen-bond donors (Lipinski definition) is 1. The van der Waals surface area contributed by atoms with Gasteiger partial charge in [-0.1, -0.05) is 30.3 Å². The van der Waals surface area contributed by atoms with E-state index in [4.69, 9.17) is 0 Å². The van der Waals surface area contributed by atoms with E-state index in [9.17, 15) is 4.39 Å². The zero-order valence-corrected chi connectivity index (χ0v) is 10.4. The molecule has 0 saturated carbocycles. The summed E-state index contributed by atoms with van der Waals surface area (Å²) in [5.74, 6) is 1.82. The van der Waals surface area contributed by atoms with Crippen LogP contribution < -0.4 is 5.32 Å². The molecule has 2 aliphatic rings. The molecule has 2 saturated heterocycles. The molecule has 0 aromatic heterocycles. The first-order chi connectivity index (χ1) is 8.42. The molecule has 17 heavy (non-hydrogen) atoms. The third kappa shape index (κ3) is 3.05. The maximum absolute atomic E-state index is 9.50. The van der Waals surface area contributed by atoms with Gasteiger partial charge in [-0.25, -0.2) is 0 Å². The van der Waals surface area contributed by atoms with Crippen LogP contribution in [0.25, 0.3) is 0 Å². The summed E-state index contributed by atoms with van der Waals surface area (Å²) in [6.45, 7) is 6.17. The first-order valence-corrected chi connectivity index (χ1v) is 6.26. The molecule has 2 aliphatic heterocycles. The lowest BCUT2D eigenvalue weighted by Gasteiger charge is -2.16. The number of likely N-dealkylation sites (tertiary alicyclic amines) is 1. The molecular formula is C14H21FN2. The monoisotopic (exact) mass is 236 g/mol. The smallest absolute Gasteiger partial charge is 0.0785 e. The van der Waals surface area contributed by atoms with Crippen molar-refractivity contribution in [3.05, 3.63) is 35.9 Å². The normalized spacial score (nSPS) is 27.4. The third-order valence-corrected chi connectivity index (χ3v) is 3.71. The Bertz CT molecular complexity index is 316. The molecule has 1 aromatic carbocycles. The van der Waals surface area contributed by atoms with Crippen LogP contribution in [0.3, 0.4) is 0 Å². The van der Waals surface area contributed by atoms with Crippen LogP contribution in [0.1, 0.15) is 5.56 Å². The van der Waals surface area contributed by atoms with Gasteiger partial charge in [0.1, 0.15) is 0 Å². The van der Waals surface area contributed by atoms with Gasteiger partial charge < -0.3 is 5.32 Å². The van der Waals surface area contributed by atoms with Gasteiger partial charge in [0, 0.05) is 19.6 Å². The van der Waals surface area contributed by atoms with Crippen molar-refractivity contribution < 1.29 is 4.39 Å². The number of fused-ring (bicyclic) bond motifs is 1. The van der Waals surface area contributed by atoms with Crippen LogP contribution >= 0.6 is 0 Å². The van der Waals surface area contributed by atoms with Gasteiger partial charge in [-0.15, -0.1) is 0 Å². The van der Waals surface area contributed by atoms with Crippen LogP contribution in [0, 0.1) is 11.8 Å². The maximum atomic E-state index is 9.50. The van der Waals surface area contributed by atoms with Crippen LogP contribution in [-0.4, -0.2) is 38.3 Å². The molecule has 94 valence electrons. The Hall–Kier alpha value is -0.930. The Kier molecular flexibility index (Phi) is 4.51. The van der Waals surface area contributed by atoms with E-state index in [1.165, 1.54) is 31.7 Å². The van der Waals surface area contributed by atoms with Crippen LogP contribution in [0.4, 0.5) is 4.39 Å². The minimum atomic E-state index is 0.500. The first kappa shape index (κ1) is 12.5. The second-order valence-corrected chi connectivity index (χ2v) is 4.86. The van der Waals surface area contributed by atoms with Crippen molar-refractivity contribution in [1.82, 2.24) is 10.2 Å². The van der Waals surface area contributed by atoms with E-state index >= 15 is 0 Å². The molecule has 0 bridgehead atoms. The third-order valence-electron chi connectivity index (χ3n) is 3.71. The Morgan fingerprint density at radius 2 is 1.71 bits per heavy atom. The van der Waals surface area contributed by atoms with Gasteiger partial charge in [-0.3, -0.25) is 9.29 Å². The summed E-state index contributed by atoms with van der Waals surface area (Å²) >= 11 is 0. The number of hydrogen-bond acceptors (Lipinski definition) is 2. The lowest BCUT2D eigenvalue weighted by atomic mass is 10.0. The molecule has 1 aromatic rings. The second-order valence-electron chi connectivity index (χ2n) is 4.86. The summed E-state index contributed by atoms with van der Waals surface area (Å²) in [6.07, 6.45) is 0. The molecule has 2 fully saturated rings. The zero-order chi connectivity index (χ0) is 12.1. The topological polar surface area (TPSA) is 15.3 Å². The highest BCUT2D eigenvalue weighted by Crippen LogP contribution is 2.27. The summed E-state index contributed by atoms with van der Waals surface area (Å²) in [4.78, 5) is 2.60. The molecule has 2 heterocycles. The quantitative estimate of drug-likeness (QED) is 0.844. The van der Waals surface area contributed by atoms with Crippen molar-refractivity contribution in [2.45, 2.75) is 6.54 Å². The summed E-state index contributed by atoms with van der Waals surface area (Å²) in [6, 6.07) is 10.8. The lowest BCUT2D eigenvalue weighted by Crippen LogP contribution is -2.25. The Morgan fingerprint density at radius 3 is 2.29 bits per heavy atom. The van der Waals surface area contributed by atoms with E-state index in [0.717, 1.165) is 18.4 Å². The van der Waals surface area contributed by atoms with Gasteiger partial charge in [0.2, 0.25) is 0 Å². The van der Waals surface area contributed by atoms with Crippen molar-refractivity contribution in [3.8, 4) is 0 Å². The number of alkyl halides is 1. The van der Waals surface area contributed by atoms with E-state index in [1.807, 2.05) is 0 Å².